The van der Waals surface area contributed by atoms with Crippen LogP contribution in [0.2, 0.25) is 0 Å². The van der Waals surface area contributed by atoms with Crippen LogP contribution in [0, 0.1) is 27.7 Å². The molecule has 0 bridgehead atoms. The molecule has 1 fully saturated rings. The number of nitrogens with one attached hydrogen (secondary N) is 1. The number of hydrogen-bond donors (Lipinski definition) is 1. The van der Waals surface area contributed by atoms with Crippen LogP contribution < -0.4 is 4.90 Å². The second kappa shape index (κ2) is 6.91. The van der Waals surface area contributed by atoms with Crippen molar-refractivity contribution in [3.63, 3.8) is 0 Å². The number of nitrogens with zero attached hydrogens (tertiary/aromatic N) is 1. The SMILES string of the molecule is Cc1ccc(-n2c(C)cc(C(=O)C[NH+]3CCOCC3)c2C)cc1C. The fraction of sp³-hybridized carbons (Fsp3) is 0.450. The maximum atomic E-state index is 12.8. The summed E-state index contributed by atoms with van der Waals surface area (Å²) in [5.74, 6) is 0.232. The third kappa shape index (κ3) is 3.30. The molecule has 4 heteroatoms. The van der Waals surface area contributed by atoms with Crippen molar-refractivity contribution in [3.05, 3.63) is 52.3 Å². The maximum Gasteiger partial charge on any atom is 0.218 e. The van der Waals surface area contributed by atoms with E-state index in [-0.39, 0.29) is 5.78 Å². The van der Waals surface area contributed by atoms with Crippen molar-refractivity contribution in [3.8, 4) is 5.69 Å². The zero-order valence-corrected chi connectivity index (χ0v) is 15.1. The van der Waals surface area contributed by atoms with Crippen molar-refractivity contribution in [2.45, 2.75) is 27.7 Å². The lowest BCUT2D eigenvalue weighted by Crippen LogP contribution is -3.14. The van der Waals surface area contributed by atoms with E-state index < -0.39 is 0 Å². The van der Waals surface area contributed by atoms with Gasteiger partial charge in [0, 0.05) is 22.6 Å². The van der Waals surface area contributed by atoms with Gasteiger partial charge in [-0.05, 0) is 57.0 Å². The summed E-state index contributed by atoms with van der Waals surface area (Å²) < 4.78 is 7.57. The van der Waals surface area contributed by atoms with Crippen LogP contribution in [0.15, 0.2) is 24.3 Å². The highest BCUT2D eigenvalue weighted by atomic mass is 16.5. The van der Waals surface area contributed by atoms with Gasteiger partial charge in [-0.3, -0.25) is 4.79 Å². The zero-order valence-electron chi connectivity index (χ0n) is 15.1. The summed E-state index contributed by atoms with van der Waals surface area (Å²) in [5, 5.41) is 0. The van der Waals surface area contributed by atoms with Gasteiger partial charge >= 0.3 is 0 Å². The first-order chi connectivity index (χ1) is 11.5. The summed E-state index contributed by atoms with van der Waals surface area (Å²) in [6, 6.07) is 8.50. The first-order valence-electron chi connectivity index (χ1n) is 8.68. The summed E-state index contributed by atoms with van der Waals surface area (Å²) >= 11 is 0. The highest BCUT2D eigenvalue weighted by Gasteiger charge is 2.22. The number of rotatable bonds is 4. The van der Waals surface area contributed by atoms with Crippen molar-refractivity contribution in [2.24, 2.45) is 0 Å². The Morgan fingerprint density at radius 3 is 2.46 bits per heavy atom. The highest BCUT2D eigenvalue weighted by Crippen LogP contribution is 2.22. The number of aryl methyl sites for hydroxylation is 3. The number of quaternary nitrogens is 1. The quantitative estimate of drug-likeness (QED) is 0.870. The number of morpholine rings is 1. The molecule has 0 amide bonds. The van der Waals surface area contributed by atoms with E-state index in [0.717, 1.165) is 48.9 Å². The standard InChI is InChI=1S/C20H26N2O2/c1-14-5-6-18(11-15(14)2)22-16(3)12-19(17(22)4)20(23)13-21-7-9-24-10-8-21/h5-6,11-12H,7-10,13H2,1-4H3/p+1. The molecule has 4 nitrogen and oxygen atoms in total. The van der Waals surface area contributed by atoms with Crippen LogP contribution in [-0.2, 0) is 4.74 Å². The average molecular weight is 327 g/mol. The lowest BCUT2D eigenvalue weighted by atomic mass is 10.1. The number of carbonyl (C=O) groups excluding carboxylic acids is 1. The van der Waals surface area contributed by atoms with E-state index in [2.05, 4.69) is 43.5 Å². The number of ketones is 1. The maximum absolute atomic E-state index is 12.8. The number of ether oxygens (including phenoxy) is 1. The molecule has 0 spiro atoms. The number of benzene rings is 1. The average Bonchev–Trinajstić information content (AvgIpc) is 2.86. The van der Waals surface area contributed by atoms with Crippen molar-refractivity contribution in [1.29, 1.82) is 0 Å². The van der Waals surface area contributed by atoms with Crippen molar-refractivity contribution in [1.82, 2.24) is 4.57 Å². The molecule has 1 aromatic heterocycles. The minimum Gasteiger partial charge on any atom is -0.370 e. The molecule has 1 aliphatic heterocycles. The Morgan fingerprint density at radius 2 is 1.79 bits per heavy atom. The van der Waals surface area contributed by atoms with E-state index in [1.165, 1.54) is 16.0 Å². The van der Waals surface area contributed by atoms with Crippen molar-refractivity contribution >= 4 is 5.78 Å². The third-order valence-electron chi connectivity index (χ3n) is 5.09. The normalized spacial score (nSPS) is 15.7. The molecular formula is C20H27N2O2+. The van der Waals surface area contributed by atoms with Gasteiger partial charge in [0.15, 0.2) is 0 Å². The Morgan fingerprint density at radius 1 is 1.08 bits per heavy atom. The van der Waals surface area contributed by atoms with Gasteiger partial charge in [-0.15, -0.1) is 0 Å². The molecule has 1 aromatic carbocycles. The topological polar surface area (TPSA) is 35.7 Å². The molecule has 128 valence electrons. The van der Waals surface area contributed by atoms with Crippen LogP contribution in [0.4, 0.5) is 0 Å². The minimum absolute atomic E-state index is 0.232. The van der Waals surface area contributed by atoms with Crippen molar-refractivity contribution in [2.75, 3.05) is 32.8 Å². The van der Waals surface area contributed by atoms with Gasteiger partial charge in [0.2, 0.25) is 5.78 Å². The van der Waals surface area contributed by atoms with Gasteiger partial charge < -0.3 is 14.2 Å². The number of carbonyl (C=O) groups is 1. The third-order valence-corrected chi connectivity index (χ3v) is 5.09. The largest absolute Gasteiger partial charge is 0.370 e. The van der Waals surface area contributed by atoms with Crippen LogP contribution in [-0.4, -0.2) is 43.2 Å². The molecule has 0 unspecified atom stereocenters. The van der Waals surface area contributed by atoms with E-state index >= 15 is 0 Å². The molecule has 0 atom stereocenters. The molecule has 24 heavy (non-hydrogen) atoms. The first kappa shape index (κ1) is 16.9. The minimum atomic E-state index is 0.232. The Bertz CT molecular complexity index is 755. The zero-order chi connectivity index (χ0) is 17.3. The Labute approximate surface area is 144 Å². The van der Waals surface area contributed by atoms with Gasteiger partial charge in [-0.25, -0.2) is 0 Å². The predicted octanol–water partition coefficient (Wildman–Crippen LogP) is 1.81. The number of Topliss-reactive ketones (excluding diaryl/α,β-unsaturated/α-hetero) is 1. The highest BCUT2D eigenvalue weighted by molar-refractivity contribution is 5.98. The molecule has 1 aliphatic rings. The van der Waals surface area contributed by atoms with Crippen molar-refractivity contribution < 1.29 is 14.4 Å². The second-order valence-electron chi connectivity index (χ2n) is 6.85. The van der Waals surface area contributed by atoms with E-state index in [1.54, 1.807) is 0 Å². The van der Waals surface area contributed by atoms with Crippen LogP contribution in [0.1, 0.15) is 32.9 Å². The fourth-order valence-electron chi connectivity index (χ4n) is 3.47. The first-order valence-corrected chi connectivity index (χ1v) is 8.68. The van der Waals surface area contributed by atoms with Crippen LogP contribution in [0.5, 0.6) is 0 Å². The summed E-state index contributed by atoms with van der Waals surface area (Å²) in [7, 11) is 0. The van der Waals surface area contributed by atoms with Crippen LogP contribution in [0.3, 0.4) is 0 Å². The number of hydrogen-bond acceptors (Lipinski definition) is 2. The Balaban J connectivity index is 1.88. The predicted molar refractivity (Wildman–Crippen MR) is 95.4 cm³/mol. The molecule has 1 N–H and O–H groups in total. The second-order valence-corrected chi connectivity index (χ2v) is 6.85. The van der Waals surface area contributed by atoms with Crippen LogP contribution >= 0.6 is 0 Å². The van der Waals surface area contributed by atoms with Gasteiger partial charge in [0.05, 0.1) is 13.2 Å². The molecule has 2 aromatic rings. The van der Waals surface area contributed by atoms with E-state index in [1.807, 2.05) is 13.0 Å². The smallest absolute Gasteiger partial charge is 0.218 e. The lowest BCUT2D eigenvalue weighted by Gasteiger charge is -2.23. The monoisotopic (exact) mass is 327 g/mol. The summed E-state index contributed by atoms with van der Waals surface area (Å²) in [4.78, 5) is 14.1. The number of aromatic nitrogens is 1. The van der Waals surface area contributed by atoms with E-state index in [4.69, 9.17) is 4.74 Å². The molecule has 3 rings (SSSR count). The summed E-state index contributed by atoms with van der Waals surface area (Å²) in [5.41, 5.74) is 6.68. The molecule has 2 heterocycles. The van der Waals surface area contributed by atoms with Gasteiger partial charge in [0.1, 0.15) is 19.6 Å². The Kier molecular flexibility index (Phi) is 4.88. The fourth-order valence-corrected chi connectivity index (χ4v) is 3.47. The Hall–Kier alpha value is -1.91. The molecular weight excluding hydrogens is 300 g/mol. The molecule has 1 saturated heterocycles. The lowest BCUT2D eigenvalue weighted by molar-refractivity contribution is -0.899. The molecule has 0 radical (unpaired) electrons. The van der Waals surface area contributed by atoms with Gasteiger partial charge in [-0.1, -0.05) is 6.07 Å². The molecule has 0 aliphatic carbocycles. The van der Waals surface area contributed by atoms with E-state index in [9.17, 15) is 4.79 Å². The molecule has 0 saturated carbocycles. The van der Waals surface area contributed by atoms with Gasteiger partial charge in [-0.2, -0.15) is 0 Å². The summed E-state index contributed by atoms with van der Waals surface area (Å²) in [6.45, 7) is 12.3. The summed E-state index contributed by atoms with van der Waals surface area (Å²) in [6.07, 6.45) is 0. The van der Waals surface area contributed by atoms with Crippen LogP contribution in [0.25, 0.3) is 5.69 Å². The van der Waals surface area contributed by atoms with E-state index in [0.29, 0.717) is 6.54 Å². The van der Waals surface area contributed by atoms with Gasteiger partial charge in [0.25, 0.3) is 0 Å².